The molecule has 0 radical (unpaired) electrons. The molecule has 1 amide bonds. The van der Waals surface area contributed by atoms with Gasteiger partial charge in [0, 0.05) is 17.9 Å². The van der Waals surface area contributed by atoms with Crippen molar-refractivity contribution in [3.63, 3.8) is 0 Å². The van der Waals surface area contributed by atoms with Gasteiger partial charge < -0.3 is 9.73 Å². The van der Waals surface area contributed by atoms with Crippen LogP contribution in [0.5, 0.6) is 0 Å². The molecule has 0 fully saturated rings. The van der Waals surface area contributed by atoms with Gasteiger partial charge in [0.15, 0.2) is 16.7 Å². The lowest BCUT2D eigenvalue weighted by Crippen LogP contribution is -2.18. The van der Waals surface area contributed by atoms with Crippen LogP contribution in [0.25, 0.3) is 17.3 Å². The first-order valence-electron chi connectivity index (χ1n) is 11.0. The number of thioether (sulfide) groups is 1. The summed E-state index contributed by atoms with van der Waals surface area (Å²) in [7, 11) is 0. The summed E-state index contributed by atoms with van der Waals surface area (Å²) in [6, 6.07) is 15.6. The fourth-order valence-corrected chi connectivity index (χ4v) is 4.52. The van der Waals surface area contributed by atoms with Crippen LogP contribution in [-0.4, -0.2) is 31.0 Å². The van der Waals surface area contributed by atoms with E-state index in [1.54, 1.807) is 6.26 Å². The van der Waals surface area contributed by atoms with E-state index in [-0.39, 0.29) is 11.7 Å². The largest absolute Gasteiger partial charge is 0.461 e. The summed E-state index contributed by atoms with van der Waals surface area (Å²) in [5.41, 5.74) is 3.09. The van der Waals surface area contributed by atoms with Gasteiger partial charge in [-0.25, -0.2) is 0 Å². The Labute approximate surface area is 202 Å². The zero-order chi connectivity index (χ0) is 24.2. The highest BCUT2D eigenvalue weighted by molar-refractivity contribution is 7.99. The molecule has 8 nitrogen and oxygen atoms in total. The van der Waals surface area contributed by atoms with E-state index < -0.39 is 0 Å². The maximum atomic E-state index is 13.0. The van der Waals surface area contributed by atoms with E-state index in [9.17, 15) is 10.1 Å². The highest BCUT2D eigenvalue weighted by Crippen LogP contribution is 2.31. The maximum Gasteiger partial charge on any atom is 0.236 e. The number of anilines is 1. The molecule has 0 saturated heterocycles. The number of carbonyl (C=O) groups excluding carboxylic acids is 1. The third kappa shape index (κ3) is 4.63. The van der Waals surface area contributed by atoms with Crippen molar-refractivity contribution in [3.05, 3.63) is 65.5 Å². The molecule has 1 N–H and O–H groups in total. The molecule has 174 valence electrons. The molecule has 4 aromatic rings. The number of carbonyl (C=O) groups is 1. The number of nitrogens with zero attached hydrogens (tertiary/aromatic N) is 5. The third-order valence-electron chi connectivity index (χ3n) is 5.44. The summed E-state index contributed by atoms with van der Waals surface area (Å²) in [6.45, 7) is 8.75. The van der Waals surface area contributed by atoms with Crippen LogP contribution in [0.1, 0.15) is 30.7 Å². The number of rotatable bonds is 8. The van der Waals surface area contributed by atoms with Gasteiger partial charge in [0.05, 0.1) is 17.6 Å². The standard InChI is InChI=1S/C25H26N6O2S/c1-16(2)14-30-24(21-11-8-12-33-21)28-29-25(30)34-15-22(32)27-23-20(13-26)17(3)18(4)31(23)19-9-6-5-7-10-19/h5-12,16H,14-15H2,1-4H3,(H,27,32). The van der Waals surface area contributed by atoms with Gasteiger partial charge in [0.1, 0.15) is 11.9 Å². The van der Waals surface area contributed by atoms with Crippen molar-refractivity contribution in [2.24, 2.45) is 5.92 Å². The average Bonchev–Trinajstić information content (AvgIpc) is 3.53. The van der Waals surface area contributed by atoms with E-state index in [4.69, 9.17) is 4.42 Å². The number of hydrogen-bond acceptors (Lipinski definition) is 6. The van der Waals surface area contributed by atoms with Crippen LogP contribution in [0.3, 0.4) is 0 Å². The van der Waals surface area contributed by atoms with Gasteiger partial charge >= 0.3 is 0 Å². The fourth-order valence-electron chi connectivity index (χ4n) is 3.77. The second-order valence-electron chi connectivity index (χ2n) is 8.34. The highest BCUT2D eigenvalue weighted by atomic mass is 32.2. The number of benzene rings is 1. The van der Waals surface area contributed by atoms with E-state index in [1.807, 2.05) is 65.4 Å². The van der Waals surface area contributed by atoms with Crippen LogP contribution in [0.2, 0.25) is 0 Å². The molecule has 4 rings (SSSR count). The Hall–Kier alpha value is -3.77. The first kappa shape index (κ1) is 23.4. The summed E-state index contributed by atoms with van der Waals surface area (Å²) < 4.78 is 9.39. The molecule has 0 aliphatic carbocycles. The van der Waals surface area contributed by atoms with E-state index in [2.05, 4.69) is 35.4 Å². The Morgan fingerprint density at radius 1 is 1.18 bits per heavy atom. The van der Waals surface area contributed by atoms with Crippen molar-refractivity contribution >= 4 is 23.5 Å². The predicted molar refractivity (Wildman–Crippen MR) is 132 cm³/mol. The number of nitriles is 1. The van der Waals surface area contributed by atoms with Gasteiger partial charge in [0.2, 0.25) is 5.91 Å². The van der Waals surface area contributed by atoms with Crippen molar-refractivity contribution in [1.82, 2.24) is 19.3 Å². The lowest BCUT2D eigenvalue weighted by molar-refractivity contribution is -0.113. The number of hydrogen-bond donors (Lipinski definition) is 1. The van der Waals surface area contributed by atoms with Gasteiger partial charge in [0.25, 0.3) is 0 Å². The molecule has 0 atom stereocenters. The quantitative estimate of drug-likeness (QED) is 0.352. The Morgan fingerprint density at radius 2 is 1.94 bits per heavy atom. The third-order valence-corrected chi connectivity index (χ3v) is 6.40. The zero-order valence-corrected chi connectivity index (χ0v) is 20.4. The molecule has 3 aromatic heterocycles. The number of amides is 1. The lowest BCUT2D eigenvalue weighted by Gasteiger charge is -2.14. The molecule has 34 heavy (non-hydrogen) atoms. The Morgan fingerprint density at radius 3 is 2.59 bits per heavy atom. The van der Waals surface area contributed by atoms with Crippen LogP contribution in [-0.2, 0) is 11.3 Å². The number of aromatic nitrogens is 4. The summed E-state index contributed by atoms with van der Waals surface area (Å²) in [4.78, 5) is 13.0. The molecular weight excluding hydrogens is 448 g/mol. The first-order valence-corrected chi connectivity index (χ1v) is 12.0. The summed E-state index contributed by atoms with van der Waals surface area (Å²) >= 11 is 1.30. The molecule has 1 aromatic carbocycles. The van der Waals surface area contributed by atoms with Crippen LogP contribution in [0.15, 0.2) is 58.3 Å². The topological polar surface area (TPSA) is 102 Å². The number of furan rings is 1. The molecule has 0 saturated carbocycles. The lowest BCUT2D eigenvalue weighted by atomic mass is 10.2. The molecule has 0 aliphatic rings. The van der Waals surface area contributed by atoms with Crippen LogP contribution < -0.4 is 5.32 Å². The van der Waals surface area contributed by atoms with Gasteiger partial charge in [-0.05, 0) is 49.6 Å². The van der Waals surface area contributed by atoms with Crippen LogP contribution >= 0.6 is 11.8 Å². The van der Waals surface area contributed by atoms with Gasteiger partial charge in [-0.15, -0.1) is 10.2 Å². The SMILES string of the molecule is Cc1c(C#N)c(NC(=O)CSc2nnc(-c3ccco3)n2CC(C)C)n(-c2ccccc2)c1C. The predicted octanol–water partition coefficient (Wildman–Crippen LogP) is 5.20. The molecule has 0 bridgehead atoms. The smallest absolute Gasteiger partial charge is 0.236 e. The maximum absolute atomic E-state index is 13.0. The van der Waals surface area contributed by atoms with Gasteiger partial charge in [-0.3, -0.25) is 13.9 Å². The van der Waals surface area contributed by atoms with Crippen LogP contribution in [0.4, 0.5) is 5.82 Å². The second-order valence-corrected chi connectivity index (χ2v) is 9.28. The molecule has 0 unspecified atom stereocenters. The van der Waals surface area contributed by atoms with Crippen molar-refractivity contribution < 1.29 is 9.21 Å². The monoisotopic (exact) mass is 474 g/mol. The molecular formula is C25H26N6O2S. The minimum atomic E-state index is -0.227. The van der Waals surface area contributed by atoms with Crippen LogP contribution in [0, 0.1) is 31.1 Å². The van der Waals surface area contributed by atoms with E-state index >= 15 is 0 Å². The number of nitrogens with one attached hydrogen (secondary N) is 1. The Bertz CT molecular complexity index is 1330. The number of para-hydroxylation sites is 1. The summed E-state index contributed by atoms with van der Waals surface area (Å²) in [5, 5.41) is 22.0. The van der Waals surface area contributed by atoms with Crippen molar-refractivity contribution in [2.75, 3.05) is 11.1 Å². The molecule has 0 spiro atoms. The van der Waals surface area contributed by atoms with E-state index in [0.717, 1.165) is 16.9 Å². The average molecular weight is 475 g/mol. The normalized spacial score (nSPS) is 11.1. The van der Waals surface area contributed by atoms with Crippen molar-refractivity contribution in [1.29, 1.82) is 5.26 Å². The van der Waals surface area contributed by atoms with Gasteiger partial charge in [-0.2, -0.15) is 5.26 Å². The summed E-state index contributed by atoms with van der Waals surface area (Å²) in [5.74, 6) is 2.00. The van der Waals surface area contributed by atoms with Crippen molar-refractivity contribution in [2.45, 2.75) is 39.4 Å². The first-order chi connectivity index (χ1) is 16.4. The summed E-state index contributed by atoms with van der Waals surface area (Å²) in [6.07, 6.45) is 1.60. The Kier molecular flexibility index (Phi) is 6.89. The Balaban J connectivity index is 1.57. The zero-order valence-electron chi connectivity index (χ0n) is 19.6. The second kappa shape index (κ2) is 10.0. The highest BCUT2D eigenvalue weighted by Gasteiger charge is 2.22. The van der Waals surface area contributed by atoms with E-state index in [1.165, 1.54) is 11.8 Å². The molecule has 9 heteroatoms. The minimum Gasteiger partial charge on any atom is -0.461 e. The fraction of sp³-hybridized carbons (Fsp3) is 0.280. The minimum absolute atomic E-state index is 0.122. The van der Waals surface area contributed by atoms with E-state index in [0.29, 0.717) is 40.6 Å². The van der Waals surface area contributed by atoms with Gasteiger partial charge in [-0.1, -0.05) is 43.8 Å². The molecule has 0 aliphatic heterocycles. The molecule has 3 heterocycles. The van der Waals surface area contributed by atoms with Crippen molar-refractivity contribution in [3.8, 4) is 23.3 Å².